The van der Waals surface area contributed by atoms with Gasteiger partial charge in [0.2, 0.25) is 5.95 Å². The van der Waals surface area contributed by atoms with E-state index in [1.807, 2.05) is 11.0 Å². The van der Waals surface area contributed by atoms with E-state index in [9.17, 15) is 18.4 Å². The zero-order valence-corrected chi connectivity index (χ0v) is 21.9. The first kappa shape index (κ1) is 25.5. The monoisotopic (exact) mass is 544 g/mol. The lowest BCUT2D eigenvalue weighted by Gasteiger charge is -2.45. The molecule has 0 spiro atoms. The van der Waals surface area contributed by atoms with Gasteiger partial charge in [-0.1, -0.05) is 18.2 Å². The van der Waals surface area contributed by atoms with Crippen LogP contribution in [0.25, 0.3) is 11.1 Å². The van der Waals surface area contributed by atoms with Crippen molar-refractivity contribution < 1.29 is 23.1 Å². The van der Waals surface area contributed by atoms with Crippen molar-refractivity contribution in [1.82, 2.24) is 14.5 Å². The van der Waals surface area contributed by atoms with Crippen LogP contribution < -0.4 is 19.9 Å². The number of aromatic nitrogens is 3. The average molecular weight is 545 g/mol. The Labute approximate surface area is 229 Å². The Kier molecular flexibility index (Phi) is 6.41. The van der Waals surface area contributed by atoms with E-state index in [4.69, 9.17) is 4.74 Å². The number of rotatable bonds is 5. The van der Waals surface area contributed by atoms with Gasteiger partial charge in [0.25, 0.3) is 11.7 Å². The molecule has 6 rings (SSSR count). The maximum Gasteiger partial charge on any atom is 0.298 e. The molecule has 1 fully saturated rings. The summed E-state index contributed by atoms with van der Waals surface area (Å²) in [6, 6.07) is 13.2. The van der Waals surface area contributed by atoms with E-state index in [0.29, 0.717) is 49.2 Å². The zero-order chi connectivity index (χ0) is 28.0. The van der Waals surface area contributed by atoms with E-state index >= 15 is 0 Å². The number of carbonyl (C=O) groups excluding carboxylic acids is 2. The Morgan fingerprint density at radius 1 is 1.02 bits per heavy atom. The van der Waals surface area contributed by atoms with Crippen LogP contribution >= 0.6 is 0 Å². The predicted octanol–water partition coefficient (Wildman–Crippen LogP) is 3.98. The van der Waals surface area contributed by atoms with E-state index in [1.165, 1.54) is 6.07 Å². The number of Topliss-reactive ketones (excluding diaryl/α,β-unsaturated/α-hetero) is 1. The molecule has 204 valence electrons. The molecule has 11 heteroatoms. The highest BCUT2D eigenvalue weighted by Crippen LogP contribution is 2.38. The van der Waals surface area contributed by atoms with Gasteiger partial charge in [-0.15, -0.1) is 0 Å². The average Bonchev–Trinajstić information content (AvgIpc) is 3.26. The van der Waals surface area contributed by atoms with Gasteiger partial charge in [-0.25, -0.2) is 18.7 Å². The lowest BCUT2D eigenvalue weighted by atomic mass is 10.0. The Hall–Kier alpha value is -4.80. The Bertz CT molecular complexity index is 1620. The van der Waals surface area contributed by atoms with Crippen LogP contribution in [-0.4, -0.2) is 58.5 Å². The molecule has 0 saturated carbocycles. The van der Waals surface area contributed by atoms with Gasteiger partial charge < -0.3 is 24.4 Å². The molecule has 2 aromatic carbocycles. The van der Waals surface area contributed by atoms with Crippen LogP contribution in [-0.2, 0) is 11.8 Å². The molecule has 2 aliphatic heterocycles. The number of ketones is 1. The van der Waals surface area contributed by atoms with E-state index in [2.05, 4.69) is 20.2 Å². The Morgan fingerprint density at radius 2 is 1.80 bits per heavy atom. The summed E-state index contributed by atoms with van der Waals surface area (Å²) in [5.41, 5.74) is 2.73. The van der Waals surface area contributed by atoms with Crippen molar-refractivity contribution in [1.29, 1.82) is 0 Å². The highest BCUT2D eigenvalue weighted by Gasteiger charge is 2.34. The second-order valence-electron chi connectivity index (χ2n) is 9.86. The molecule has 0 bridgehead atoms. The standard InChI is InChI=1S/C29H26F2N6O3/c1-17-11-22(21-5-3-4-6-23(21)31)26(35(17)2)27(38)28(39)34-19-7-8-24-25(12-19)40-16-20-15-36(9-10-37(20)24)29-32-13-18(30)14-33-29/h3-8,11-14,20H,9-10,15-16H2,1-2H3,(H,34,39)/t20-/m0/s1. The van der Waals surface area contributed by atoms with Crippen molar-refractivity contribution in [2.45, 2.75) is 13.0 Å². The molecule has 4 aromatic rings. The topological polar surface area (TPSA) is 92.6 Å². The summed E-state index contributed by atoms with van der Waals surface area (Å²) >= 11 is 0. The van der Waals surface area contributed by atoms with Crippen molar-refractivity contribution in [3.63, 3.8) is 0 Å². The van der Waals surface area contributed by atoms with Crippen LogP contribution in [0.3, 0.4) is 0 Å². The van der Waals surface area contributed by atoms with Crippen LogP contribution in [0.4, 0.5) is 26.1 Å². The van der Waals surface area contributed by atoms with Gasteiger partial charge >= 0.3 is 0 Å². The number of fused-ring (bicyclic) bond motifs is 3. The van der Waals surface area contributed by atoms with Crippen LogP contribution in [0.2, 0.25) is 0 Å². The van der Waals surface area contributed by atoms with Gasteiger partial charge in [-0.3, -0.25) is 9.59 Å². The molecule has 4 heterocycles. The lowest BCUT2D eigenvalue weighted by Crippen LogP contribution is -2.57. The van der Waals surface area contributed by atoms with Gasteiger partial charge in [0.15, 0.2) is 5.82 Å². The zero-order valence-electron chi connectivity index (χ0n) is 21.9. The summed E-state index contributed by atoms with van der Waals surface area (Å²) in [6.45, 7) is 4.13. The SMILES string of the molecule is Cc1cc(-c2ccccc2F)c(C(=O)C(=O)Nc2ccc3c(c2)OC[C@@H]2CN(c4ncc(F)cn4)CCN32)n1C. The first-order valence-corrected chi connectivity index (χ1v) is 12.8. The van der Waals surface area contributed by atoms with E-state index in [-0.39, 0.29) is 17.3 Å². The number of nitrogens with one attached hydrogen (secondary N) is 1. The molecular weight excluding hydrogens is 518 g/mol. The quantitative estimate of drug-likeness (QED) is 0.300. The van der Waals surface area contributed by atoms with Crippen LogP contribution in [0.5, 0.6) is 5.75 Å². The second-order valence-corrected chi connectivity index (χ2v) is 9.86. The number of piperazine rings is 1. The number of anilines is 3. The molecule has 1 atom stereocenters. The van der Waals surface area contributed by atoms with Crippen molar-refractivity contribution in [3.8, 4) is 16.9 Å². The number of halogens is 2. The second kappa shape index (κ2) is 10.1. The summed E-state index contributed by atoms with van der Waals surface area (Å²) in [6.07, 6.45) is 2.31. The number of nitrogens with zero attached hydrogens (tertiary/aromatic N) is 5. The number of aryl methyl sites for hydroxylation is 1. The van der Waals surface area contributed by atoms with Crippen LogP contribution in [0.1, 0.15) is 16.2 Å². The van der Waals surface area contributed by atoms with Gasteiger partial charge in [0, 0.05) is 55.3 Å². The fourth-order valence-electron chi connectivity index (χ4n) is 5.28. The van der Waals surface area contributed by atoms with Gasteiger partial charge in [0.1, 0.15) is 23.9 Å². The Morgan fingerprint density at radius 3 is 2.58 bits per heavy atom. The molecule has 1 N–H and O–H groups in total. The molecule has 0 unspecified atom stereocenters. The minimum Gasteiger partial charge on any atom is -0.489 e. The summed E-state index contributed by atoms with van der Waals surface area (Å²) in [4.78, 5) is 38.8. The van der Waals surface area contributed by atoms with Crippen LogP contribution in [0.15, 0.2) is 60.9 Å². The first-order valence-electron chi connectivity index (χ1n) is 12.8. The Balaban J connectivity index is 1.18. The molecule has 1 amide bonds. The molecule has 2 aromatic heterocycles. The molecule has 0 aliphatic carbocycles. The molecule has 1 saturated heterocycles. The number of ether oxygens (including phenoxy) is 1. The van der Waals surface area contributed by atoms with Crippen LogP contribution in [0, 0.1) is 18.6 Å². The van der Waals surface area contributed by atoms with Crippen molar-refractivity contribution in [3.05, 3.63) is 83.9 Å². The summed E-state index contributed by atoms with van der Waals surface area (Å²) in [5.74, 6) is -1.49. The highest BCUT2D eigenvalue weighted by molar-refractivity contribution is 6.47. The van der Waals surface area contributed by atoms with E-state index in [0.717, 1.165) is 23.8 Å². The number of carbonyl (C=O) groups is 2. The highest BCUT2D eigenvalue weighted by atomic mass is 19.1. The summed E-state index contributed by atoms with van der Waals surface area (Å²) in [5, 5.41) is 2.68. The molecule has 40 heavy (non-hydrogen) atoms. The number of amides is 1. The predicted molar refractivity (Wildman–Crippen MR) is 146 cm³/mol. The smallest absolute Gasteiger partial charge is 0.298 e. The normalized spacial score (nSPS) is 16.1. The fourth-order valence-corrected chi connectivity index (χ4v) is 5.28. The maximum atomic E-state index is 14.5. The minimum atomic E-state index is -0.833. The first-order chi connectivity index (χ1) is 19.3. The summed E-state index contributed by atoms with van der Waals surface area (Å²) in [7, 11) is 1.67. The third-order valence-electron chi connectivity index (χ3n) is 7.39. The molecular formula is C29H26F2N6O3. The summed E-state index contributed by atoms with van der Waals surface area (Å²) < 4.78 is 35.4. The number of benzene rings is 2. The largest absolute Gasteiger partial charge is 0.489 e. The lowest BCUT2D eigenvalue weighted by molar-refractivity contribution is -0.112. The number of hydrogen-bond acceptors (Lipinski definition) is 7. The third-order valence-corrected chi connectivity index (χ3v) is 7.39. The molecule has 0 radical (unpaired) electrons. The molecule has 2 aliphatic rings. The molecule has 9 nitrogen and oxygen atoms in total. The minimum absolute atomic E-state index is 0.0364. The van der Waals surface area contributed by atoms with Gasteiger partial charge in [-0.2, -0.15) is 0 Å². The van der Waals surface area contributed by atoms with Crippen molar-refractivity contribution in [2.24, 2.45) is 7.05 Å². The van der Waals surface area contributed by atoms with Crippen molar-refractivity contribution in [2.75, 3.05) is 41.4 Å². The van der Waals surface area contributed by atoms with Gasteiger partial charge in [0.05, 0.1) is 24.1 Å². The third kappa shape index (κ3) is 4.53. The number of hydrogen-bond donors (Lipinski definition) is 1. The van der Waals surface area contributed by atoms with E-state index in [1.54, 1.807) is 54.9 Å². The van der Waals surface area contributed by atoms with Crippen molar-refractivity contribution >= 4 is 29.0 Å². The fraction of sp³-hybridized carbons (Fsp3) is 0.241. The van der Waals surface area contributed by atoms with Gasteiger partial charge in [-0.05, 0) is 31.2 Å². The maximum absolute atomic E-state index is 14.5. The van der Waals surface area contributed by atoms with E-state index < -0.39 is 23.3 Å².